The highest BCUT2D eigenvalue weighted by atomic mass is 35.5. The van der Waals surface area contributed by atoms with Gasteiger partial charge in [0.25, 0.3) is 0 Å². The molecular formula is C17H18ClN3. The van der Waals surface area contributed by atoms with E-state index in [0.717, 1.165) is 22.7 Å². The molecule has 0 aromatic heterocycles. The highest BCUT2D eigenvalue weighted by Gasteiger charge is 2.43. The standard InChI is InChI=1S/C17H18ClN3/c1-2-17(13-7-6-8-14(18)11-13)12-20-16(19)21(17)15-9-4-3-5-10-15/h3-11H,2,12H2,1H3,(H2,19,20). The molecule has 0 saturated carbocycles. The molecule has 0 saturated heterocycles. The summed E-state index contributed by atoms with van der Waals surface area (Å²) >= 11 is 6.19. The van der Waals surface area contributed by atoms with E-state index < -0.39 is 0 Å². The number of guanidine groups is 1. The Morgan fingerprint density at radius 3 is 2.62 bits per heavy atom. The second-order valence-corrected chi connectivity index (χ2v) is 5.68. The summed E-state index contributed by atoms with van der Waals surface area (Å²) in [4.78, 5) is 6.63. The average molecular weight is 300 g/mol. The quantitative estimate of drug-likeness (QED) is 0.937. The van der Waals surface area contributed by atoms with Crippen molar-refractivity contribution in [3.05, 3.63) is 65.2 Å². The molecule has 0 radical (unpaired) electrons. The first-order valence-corrected chi connectivity index (χ1v) is 7.46. The van der Waals surface area contributed by atoms with Crippen molar-refractivity contribution in [2.75, 3.05) is 11.4 Å². The minimum Gasteiger partial charge on any atom is -0.369 e. The molecule has 1 heterocycles. The molecule has 21 heavy (non-hydrogen) atoms. The second kappa shape index (κ2) is 5.41. The zero-order valence-electron chi connectivity index (χ0n) is 12.0. The van der Waals surface area contributed by atoms with Crippen LogP contribution in [0, 0.1) is 0 Å². The lowest BCUT2D eigenvalue weighted by molar-refractivity contribution is 0.462. The van der Waals surface area contributed by atoms with Crippen LogP contribution in [0.4, 0.5) is 5.69 Å². The highest BCUT2D eigenvalue weighted by Crippen LogP contribution is 2.40. The van der Waals surface area contributed by atoms with Gasteiger partial charge < -0.3 is 10.6 Å². The number of nitrogens with two attached hydrogens (primary N) is 1. The van der Waals surface area contributed by atoms with Gasteiger partial charge in [0.15, 0.2) is 5.96 Å². The number of hydrogen-bond donors (Lipinski definition) is 1. The third-order valence-corrected chi connectivity index (χ3v) is 4.36. The lowest BCUT2D eigenvalue weighted by Gasteiger charge is -2.39. The van der Waals surface area contributed by atoms with Gasteiger partial charge in [-0.15, -0.1) is 0 Å². The first kappa shape index (κ1) is 14.0. The number of nitrogens with zero attached hydrogens (tertiary/aromatic N) is 2. The van der Waals surface area contributed by atoms with Crippen LogP contribution in [-0.2, 0) is 5.54 Å². The van der Waals surface area contributed by atoms with Gasteiger partial charge in [0.1, 0.15) is 0 Å². The molecule has 2 aromatic rings. The van der Waals surface area contributed by atoms with Crippen molar-refractivity contribution in [3.8, 4) is 0 Å². The topological polar surface area (TPSA) is 41.6 Å². The maximum atomic E-state index is 6.19. The normalized spacial score (nSPS) is 21.4. The van der Waals surface area contributed by atoms with Crippen molar-refractivity contribution in [2.24, 2.45) is 10.7 Å². The third-order valence-electron chi connectivity index (χ3n) is 4.12. The molecule has 3 nitrogen and oxygen atoms in total. The Kier molecular flexibility index (Phi) is 3.60. The summed E-state index contributed by atoms with van der Waals surface area (Å²) in [5.74, 6) is 0.558. The number of aliphatic imine (C=N–C) groups is 1. The molecule has 1 unspecified atom stereocenters. The van der Waals surface area contributed by atoms with Crippen molar-refractivity contribution in [2.45, 2.75) is 18.9 Å². The van der Waals surface area contributed by atoms with Gasteiger partial charge in [-0.1, -0.05) is 48.9 Å². The molecule has 2 N–H and O–H groups in total. The summed E-state index contributed by atoms with van der Waals surface area (Å²) in [7, 11) is 0. The van der Waals surface area contributed by atoms with E-state index >= 15 is 0 Å². The van der Waals surface area contributed by atoms with Gasteiger partial charge in [-0.2, -0.15) is 0 Å². The summed E-state index contributed by atoms with van der Waals surface area (Å²) in [6.07, 6.45) is 0.895. The van der Waals surface area contributed by atoms with Crippen LogP contribution >= 0.6 is 11.6 Å². The SMILES string of the molecule is CCC1(c2cccc(Cl)c2)CN=C(N)N1c1ccccc1. The minimum atomic E-state index is -0.268. The number of para-hydroxylation sites is 1. The predicted molar refractivity (Wildman–Crippen MR) is 88.8 cm³/mol. The zero-order valence-corrected chi connectivity index (χ0v) is 12.7. The number of anilines is 1. The van der Waals surface area contributed by atoms with Crippen LogP contribution in [0.3, 0.4) is 0 Å². The Bertz CT molecular complexity index is 669. The Hall–Kier alpha value is -2.00. The van der Waals surface area contributed by atoms with E-state index in [-0.39, 0.29) is 5.54 Å². The lowest BCUT2D eigenvalue weighted by atomic mass is 9.86. The molecule has 1 aliphatic rings. The van der Waals surface area contributed by atoms with E-state index in [2.05, 4.69) is 35.0 Å². The fraction of sp³-hybridized carbons (Fsp3) is 0.235. The Morgan fingerprint density at radius 2 is 1.95 bits per heavy atom. The van der Waals surface area contributed by atoms with Crippen LogP contribution in [-0.4, -0.2) is 12.5 Å². The first-order chi connectivity index (χ1) is 10.2. The largest absolute Gasteiger partial charge is 0.369 e. The maximum Gasteiger partial charge on any atom is 0.196 e. The molecule has 1 atom stereocenters. The third kappa shape index (κ3) is 2.28. The number of hydrogen-bond acceptors (Lipinski definition) is 3. The average Bonchev–Trinajstić information content (AvgIpc) is 2.86. The van der Waals surface area contributed by atoms with Crippen LogP contribution in [0.25, 0.3) is 0 Å². The van der Waals surface area contributed by atoms with Crippen LogP contribution < -0.4 is 10.6 Å². The maximum absolute atomic E-state index is 6.19. The van der Waals surface area contributed by atoms with Crippen molar-refractivity contribution < 1.29 is 0 Å². The van der Waals surface area contributed by atoms with Crippen molar-refractivity contribution in [3.63, 3.8) is 0 Å². The summed E-state index contributed by atoms with van der Waals surface area (Å²) in [6.45, 7) is 2.80. The fourth-order valence-corrected chi connectivity index (χ4v) is 3.19. The molecule has 3 rings (SSSR count). The van der Waals surface area contributed by atoms with Crippen LogP contribution in [0.5, 0.6) is 0 Å². The summed E-state index contributed by atoms with van der Waals surface area (Å²) in [6, 6.07) is 18.1. The highest BCUT2D eigenvalue weighted by molar-refractivity contribution is 6.30. The zero-order chi connectivity index (χ0) is 14.9. The van der Waals surface area contributed by atoms with Gasteiger partial charge in [-0.3, -0.25) is 4.99 Å². The number of halogens is 1. The van der Waals surface area contributed by atoms with Gasteiger partial charge in [0, 0.05) is 10.7 Å². The molecule has 0 spiro atoms. The van der Waals surface area contributed by atoms with Gasteiger partial charge in [-0.25, -0.2) is 0 Å². The fourth-order valence-electron chi connectivity index (χ4n) is 3.00. The van der Waals surface area contributed by atoms with E-state index in [1.807, 2.05) is 36.4 Å². The molecule has 0 fully saturated rings. The van der Waals surface area contributed by atoms with Gasteiger partial charge in [0.05, 0.1) is 12.1 Å². The summed E-state index contributed by atoms with van der Waals surface area (Å²) < 4.78 is 0. The molecule has 0 amide bonds. The minimum absolute atomic E-state index is 0.268. The van der Waals surface area contributed by atoms with Crippen LogP contribution in [0.15, 0.2) is 59.6 Å². The summed E-state index contributed by atoms with van der Waals surface area (Å²) in [5, 5.41) is 0.735. The molecule has 0 aliphatic carbocycles. The lowest BCUT2D eigenvalue weighted by Crippen LogP contribution is -2.49. The van der Waals surface area contributed by atoms with Crippen LogP contribution in [0.1, 0.15) is 18.9 Å². The monoisotopic (exact) mass is 299 g/mol. The number of rotatable bonds is 3. The van der Waals surface area contributed by atoms with Gasteiger partial charge in [0.2, 0.25) is 0 Å². The van der Waals surface area contributed by atoms with Gasteiger partial charge >= 0.3 is 0 Å². The van der Waals surface area contributed by atoms with E-state index in [1.165, 1.54) is 0 Å². The summed E-state index contributed by atoms with van der Waals surface area (Å²) in [5.41, 5.74) is 8.11. The Morgan fingerprint density at radius 1 is 1.19 bits per heavy atom. The van der Waals surface area contributed by atoms with Crippen molar-refractivity contribution in [1.29, 1.82) is 0 Å². The van der Waals surface area contributed by atoms with Crippen molar-refractivity contribution >= 4 is 23.2 Å². The second-order valence-electron chi connectivity index (χ2n) is 5.24. The van der Waals surface area contributed by atoms with Crippen molar-refractivity contribution in [1.82, 2.24) is 0 Å². The van der Waals surface area contributed by atoms with E-state index in [1.54, 1.807) is 0 Å². The van der Waals surface area contributed by atoms with E-state index in [9.17, 15) is 0 Å². The molecule has 0 bridgehead atoms. The smallest absolute Gasteiger partial charge is 0.196 e. The Labute approximate surface area is 130 Å². The Balaban J connectivity index is 2.13. The molecule has 2 aromatic carbocycles. The first-order valence-electron chi connectivity index (χ1n) is 7.08. The van der Waals surface area contributed by atoms with Gasteiger partial charge in [-0.05, 0) is 36.2 Å². The molecule has 4 heteroatoms. The molecular weight excluding hydrogens is 282 g/mol. The molecule has 108 valence electrons. The van der Waals surface area contributed by atoms with E-state index in [0.29, 0.717) is 12.5 Å². The number of benzene rings is 2. The van der Waals surface area contributed by atoms with E-state index in [4.69, 9.17) is 17.3 Å². The van der Waals surface area contributed by atoms with Crippen LogP contribution in [0.2, 0.25) is 5.02 Å². The predicted octanol–water partition coefficient (Wildman–Crippen LogP) is 3.78. The molecule has 1 aliphatic heterocycles.